The van der Waals surface area contributed by atoms with Crippen molar-refractivity contribution in [3.63, 3.8) is 0 Å². The van der Waals surface area contributed by atoms with E-state index >= 15 is 0 Å². The second-order valence-corrected chi connectivity index (χ2v) is 5.83. The number of thioether (sulfide) groups is 1. The van der Waals surface area contributed by atoms with Crippen LogP contribution in [-0.2, 0) is 9.53 Å². The molecule has 1 aromatic carbocycles. The summed E-state index contributed by atoms with van der Waals surface area (Å²) in [6.45, 7) is 2.68. The lowest BCUT2D eigenvalue weighted by molar-refractivity contribution is -0.143. The number of ether oxygens (including phenoxy) is 1. The van der Waals surface area contributed by atoms with Crippen LogP contribution in [0.1, 0.15) is 13.3 Å². The molecule has 0 radical (unpaired) electrons. The van der Waals surface area contributed by atoms with Crippen LogP contribution in [0, 0.1) is 0 Å². The van der Waals surface area contributed by atoms with E-state index in [4.69, 9.17) is 27.9 Å². The Balaban J connectivity index is 2.51. The number of rotatable bonds is 7. The number of halogens is 2. The highest BCUT2D eigenvalue weighted by atomic mass is 35.5. The lowest BCUT2D eigenvalue weighted by atomic mass is 10.2. The minimum absolute atomic E-state index is 0.236. The van der Waals surface area contributed by atoms with Crippen molar-refractivity contribution in [2.24, 2.45) is 0 Å². The second kappa shape index (κ2) is 8.69. The molecule has 6 heteroatoms. The summed E-state index contributed by atoms with van der Waals surface area (Å²) in [6, 6.07) is 5.08. The van der Waals surface area contributed by atoms with Crippen molar-refractivity contribution in [2.75, 3.05) is 19.4 Å². The van der Waals surface area contributed by atoms with Gasteiger partial charge in [-0.15, -0.1) is 11.8 Å². The van der Waals surface area contributed by atoms with E-state index in [2.05, 4.69) is 5.32 Å². The third-order valence-electron chi connectivity index (χ3n) is 2.49. The van der Waals surface area contributed by atoms with Gasteiger partial charge in [-0.05, 0) is 31.2 Å². The van der Waals surface area contributed by atoms with Gasteiger partial charge in [0.2, 0.25) is 0 Å². The summed E-state index contributed by atoms with van der Waals surface area (Å²) in [5, 5.41) is 4.43. The molecule has 0 saturated heterocycles. The first-order valence-electron chi connectivity index (χ1n) is 5.97. The molecule has 0 heterocycles. The van der Waals surface area contributed by atoms with Crippen molar-refractivity contribution in [3.8, 4) is 0 Å². The topological polar surface area (TPSA) is 38.3 Å². The maximum atomic E-state index is 11.5. The van der Waals surface area contributed by atoms with E-state index in [9.17, 15) is 4.79 Å². The van der Waals surface area contributed by atoms with Crippen LogP contribution in [-0.4, -0.2) is 31.4 Å². The first-order valence-corrected chi connectivity index (χ1v) is 7.71. The van der Waals surface area contributed by atoms with Gasteiger partial charge in [-0.25, -0.2) is 0 Å². The van der Waals surface area contributed by atoms with Gasteiger partial charge in [0.15, 0.2) is 0 Å². The molecule has 19 heavy (non-hydrogen) atoms. The summed E-state index contributed by atoms with van der Waals surface area (Å²) < 4.78 is 4.75. The van der Waals surface area contributed by atoms with E-state index in [-0.39, 0.29) is 12.0 Å². The number of benzene rings is 1. The third-order valence-corrected chi connectivity index (χ3v) is 4.26. The number of hydrogen-bond acceptors (Lipinski definition) is 4. The van der Waals surface area contributed by atoms with Crippen LogP contribution >= 0.6 is 35.0 Å². The first kappa shape index (κ1) is 16.6. The summed E-state index contributed by atoms with van der Waals surface area (Å²) in [6.07, 6.45) is 0.675. The Bertz CT molecular complexity index is 429. The van der Waals surface area contributed by atoms with E-state index in [1.54, 1.807) is 23.9 Å². The summed E-state index contributed by atoms with van der Waals surface area (Å²) in [4.78, 5) is 12.4. The number of esters is 1. The van der Waals surface area contributed by atoms with Crippen LogP contribution in [0.3, 0.4) is 0 Å². The fourth-order valence-electron chi connectivity index (χ4n) is 1.57. The van der Waals surface area contributed by atoms with Crippen LogP contribution in [0.25, 0.3) is 0 Å². The highest BCUT2D eigenvalue weighted by Crippen LogP contribution is 2.30. The summed E-state index contributed by atoms with van der Waals surface area (Å²) in [5.74, 6) is 0.520. The largest absolute Gasteiger partial charge is 0.468 e. The van der Waals surface area contributed by atoms with E-state index < -0.39 is 0 Å². The number of hydrogen-bond donors (Lipinski definition) is 1. The Kier molecular flexibility index (Phi) is 7.61. The van der Waals surface area contributed by atoms with Gasteiger partial charge in [0.1, 0.15) is 6.04 Å². The molecule has 3 nitrogen and oxygen atoms in total. The standard InChI is InChI=1S/C13H17Cl2NO2S/c1-3-16-11(13(17)18-2)6-7-19-12-8-9(14)4-5-10(12)15/h4-5,8,11,16H,3,6-7H2,1-2H3. The maximum Gasteiger partial charge on any atom is 0.322 e. The molecule has 106 valence electrons. The minimum atomic E-state index is -0.277. The quantitative estimate of drug-likeness (QED) is 0.614. The van der Waals surface area contributed by atoms with E-state index in [1.165, 1.54) is 7.11 Å². The Hall–Kier alpha value is -0.420. The van der Waals surface area contributed by atoms with E-state index in [1.807, 2.05) is 13.0 Å². The fourth-order valence-corrected chi connectivity index (χ4v) is 3.07. The lowest BCUT2D eigenvalue weighted by Gasteiger charge is -2.15. The van der Waals surface area contributed by atoms with Crippen molar-refractivity contribution in [3.05, 3.63) is 28.2 Å². The third kappa shape index (κ3) is 5.61. The highest BCUT2D eigenvalue weighted by Gasteiger charge is 2.17. The van der Waals surface area contributed by atoms with Crippen LogP contribution in [0.2, 0.25) is 10.0 Å². The molecule has 1 atom stereocenters. The average molecular weight is 322 g/mol. The SMILES string of the molecule is CCNC(CCSc1cc(Cl)ccc1Cl)C(=O)OC. The van der Waals surface area contributed by atoms with Gasteiger partial charge in [0.05, 0.1) is 12.1 Å². The second-order valence-electron chi connectivity index (χ2n) is 3.85. The summed E-state index contributed by atoms with van der Waals surface area (Å²) in [7, 11) is 1.40. The van der Waals surface area contributed by atoms with Gasteiger partial charge in [0, 0.05) is 15.7 Å². The molecular formula is C13H17Cl2NO2S. The molecule has 0 aliphatic rings. The zero-order chi connectivity index (χ0) is 14.3. The number of carbonyl (C=O) groups is 1. The van der Waals surface area contributed by atoms with Crippen molar-refractivity contribution in [1.29, 1.82) is 0 Å². The van der Waals surface area contributed by atoms with Crippen LogP contribution in [0.5, 0.6) is 0 Å². The zero-order valence-electron chi connectivity index (χ0n) is 10.9. The molecule has 0 bridgehead atoms. The molecule has 1 rings (SSSR count). The average Bonchev–Trinajstić information content (AvgIpc) is 2.40. The Morgan fingerprint density at radius 1 is 1.47 bits per heavy atom. The van der Waals surface area contributed by atoms with Crippen LogP contribution in [0.15, 0.2) is 23.1 Å². The van der Waals surface area contributed by atoms with Gasteiger partial charge in [-0.2, -0.15) is 0 Å². The minimum Gasteiger partial charge on any atom is -0.468 e. The highest BCUT2D eigenvalue weighted by molar-refractivity contribution is 7.99. The number of likely N-dealkylation sites (N-methyl/N-ethyl adjacent to an activating group) is 1. The normalized spacial score (nSPS) is 12.2. The lowest BCUT2D eigenvalue weighted by Crippen LogP contribution is -2.37. The number of carbonyl (C=O) groups excluding carboxylic acids is 1. The molecule has 0 fully saturated rings. The van der Waals surface area contributed by atoms with Gasteiger partial charge >= 0.3 is 5.97 Å². The van der Waals surface area contributed by atoms with Crippen molar-refractivity contribution in [2.45, 2.75) is 24.3 Å². The smallest absolute Gasteiger partial charge is 0.322 e. The molecule has 1 N–H and O–H groups in total. The number of nitrogens with one attached hydrogen (secondary N) is 1. The molecule has 1 aromatic rings. The summed E-state index contributed by atoms with van der Waals surface area (Å²) in [5.41, 5.74) is 0. The van der Waals surface area contributed by atoms with Crippen molar-refractivity contribution >= 4 is 40.9 Å². The molecular weight excluding hydrogens is 305 g/mol. The predicted octanol–water partition coefficient (Wildman–Crippen LogP) is 3.63. The van der Waals surface area contributed by atoms with Crippen molar-refractivity contribution < 1.29 is 9.53 Å². The summed E-state index contributed by atoms with van der Waals surface area (Å²) >= 11 is 13.6. The molecule has 0 spiro atoms. The van der Waals surface area contributed by atoms with E-state index in [0.717, 1.165) is 17.2 Å². The van der Waals surface area contributed by atoms with E-state index in [0.29, 0.717) is 16.5 Å². The number of methoxy groups -OCH3 is 1. The Morgan fingerprint density at radius 2 is 2.21 bits per heavy atom. The van der Waals surface area contributed by atoms with Gasteiger partial charge in [-0.3, -0.25) is 4.79 Å². The molecule has 0 aromatic heterocycles. The molecule has 0 aliphatic heterocycles. The monoisotopic (exact) mass is 321 g/mol. The van der Waals surface area contributed by atoms with Gasteiger partial charge in [0.25, 0.3) is 0 Å². The van der Waals surface area contributed by atoms with Crippen LogP contribution in [0.4, 0.5) is 0 Å². The Labute approximate surface area is 128 Å². The first-order chi connectivity index (χ1) is 9.08. The maximum absolute atomic E-state index is 11.5. The molecule has 0 aliphatic carbocycles. The Morgan fingerprint density at radius 3 is 2.84 bits per heavy atom. The van der Waals surface area contributed by atoms with Gasteiger partial charge in [-0.1, -0.05) is 30.1 Å². The van der Waals surface area contributed by atoms with Gasteiger partial charge < -0.3 is 10.1 Å². The van der Waals surface area contributed by atoms with Crippen molar-refractivity contribution in [1.82, 2.24) is 5.32 Å². The zero-order valence-corrected chi connectivity index (χ0v) is 13.2. The molecule has 0 amide bonds. The molecule has 0 saturated carbocycles. The predicted molar refractivity (Wildman–Crippen MR) is 81.3 cm³/mol. The fraction of sp³-hybridized carbons (Fsp3) is 0.462. The van der Waals surface area contributed by atoms with Crippen LogP contribution < -0.4 is 5.32 Å². The molecule has 1 unspecified atom stereocenters.